The standard InChI is InChI=1S/C28H36N2O6/c1-3-6-22(26(31)19-7-10-21(34-2)11-8-19)28(33)29-23(18-30-13-4-5-14-30)27(32)20-9-12-24-25(17-20)36-16-15-35-24/h7-12,17,22-23,27,32H,3-6,13-16,18H2,1-2H3,(H,29,33). The maximum atomic E-state index is 13.5. The van der Waals surface area contributed by atoms with Gasteiger partial charge < -0.3 is 29.5 Å². The fourth-order valence-electron chi connectivity index (χ4n) is 4.85. The van der Waals surface area contributed by atoms with Gasteiger partial charge in [0, 0.05) is 12.1 Å². The predicted molar refractivity (Wildman–Crippen MR) is 136 cm³/mol. The summed E-state index contributed by atoms with van der Waals surface area (Å²) in [5.74, 6) is 0.449. The fourth-order valence-corrected chi connectivity index (χ4v) is 4.85. The molecule has 0 radical (unpaired) electrons. The van der Waals surface area contributed by atoms with Crippen molar-refractivity contribution in [1.82, 2.24) is 10.2 Å². The Morgan fingerprint density at radius 3 is 2.42 bits per heavy atom. The number of carbonyl (C=O) groups excluding carboxylic acids is 2. The van der Waals surface area contributed by atoms with Crippen molar-refractivity contribution in [3.05, 3.63) is 53.6 Å². The number of hydrogen-bond acceptors (Lipinski definition) is 7. The van der Waals surface area contributed by atoms with Crippen molar-refractivity contribution in [2.75, 3.05) is 40.0 Å². The van der Waals surface area contributed by atoms with Gasteiger partial charge in [0.05, 0.1) is 13.2 Å². The molecule has 2 aromatic carbocycles. The number of likely N-dealkylation sites (tertiary alicyclic amines) is 1. The van der Waals surface area contributed by atoms with Crippen molar-refractivity contribution < 1.29 is 28.9 Å². The van der Waals surface area contributed by atoms with Gasteiger partial charge in [-0.2, -0.15) is 0 Å². The highest BCUT2D eigenvalue weighted by atomic mass is 16.6. The minimum Gasteiger partial charge on any atom is -0.497 e. The number of ketones is 1. The molecule has 0 bridgehead atoms. The Morgan fingerprint density at radius 2 is 1.75 bits per heavy atom. The van der Waals surface area contributed by atoms with E-state index in [0.29, 0.717) is 61.0 Å². The van der Waals surface area contributed by atoms with E-state index in [0.717, 1.165) is 25.9 Å². The molecular formula is C28H36N2O6. The number of hydrogen-bond donors (Lipinski definition) is 2. The quantitative estimate of drug-likeness (QED) is 0.364. The van der Waals surface area contributed by atoms with Crippen LogP contribution in [0, 0.1) is 5.92 Å². The Balaban J connectivity index is 1.54. The van der Waals surface area contributed by atoms with Crippen LogP contribution in [0.1, 0.15) is 54.6 Å². The van der Waals surface area contributed by atoms with Gasteiger partial charge in [0.2, 0.25) is 5.91 Å². The summed E-state index contributed by atoms with van der Waals surface area (Å²) >= 11 is 0. The van der Waals surface area contributed by atoms with E-state index in [-0.39, 0.29) is 11.7 Å². The number of nitrogens with zero attached hydrogens (tertiary/aromatic N) is 1. The number of nitrogens with one attached hydrogen (secondary N) is 1. The molecule has 8 heteroatoms. The van der Waals surface area contributed by atoms with Gasteiger partial charge in [0.15, 0.2) is 17.3 Å². The second kappa shape index (κ2) is 12.2. The third-order valence-corrected chi connectivity index (χ3v) is 6.85. The van der Waals surface area contributed by atoms with Crippen LogP contribution in [0.2, 0.25) is 0 Å². The number of rotatable bonds is 11. The Bertz CT molecular complexity index is 1030. The maximum Gasteiger partial charge on any atom is 0.231 e. The molecular weight excluding hydrogens is 460 g/mol. The summed E-state index contributed by atoms with van der Waals surface area (Å²) in [4.78, 5) is 29.0. The van der Waals surface area contributed by atoms with Crippen LogP contribution in [0.4, 0.5) is 0 Å². The third-order valence-electron chi connectivity index (χ3n) is 6.85. The van der Waals surface area contributed by atoms with E-state index in [1.807, 2.05) is 6.92 Å². The molecule has 3 atom stereocenters. The first-order valence-electron chi connectivity index (χ1n) is 12.8. The van der Waals surface area contributed by atoms with E-state index in [9.17, 15) is 14.7 Å². The SMILES string of the molecule is CCCC(C(=O)NC(CN1CCCC1)C(O)c1ccc2c(c1)OCCO2)C(=O)c1ccc(OC)cc1. The van der Waals surface area contributed by atoms with Crippen LogP contribution in [0.15, 0.2) is 42.5 Å². The highest BCUT2D eigenvalue weighted by molar-refractivity contribution is 6.10. The van der Waals surface area contributed by atoms with E-state index in [2.05, 4.69) is 10.2 Å². The Hall–Kier alpha value is -3.10. The molecule has 4 rings (SSSR count). The van der Waals surface area contributed by atoms with Crippen LogP contribution in [-0.4, -0.2) is 67.7 Å². The van der Waals surface area contributed by atoms with Crippen LogP contribution in [-0.2, 0) is 4.79 Å². The number of carbonyl (C=O) groups is 2. The van der Waals surface area contributed by atoms with Gasteiger partial charge in [0.25, 0.3) is 0 Å². The number of amides is 1. The Kier molecular flexibility index (Phi) is 8.83. The molecule has 194 valence electrons. The average molecular weight is 497 g/mol. The predicted octanol–water partition coefficient (Wildman–Crippen LogP) is 3.38. The monoisotopic (exact) mass is 496 g/mol. The van der Waals surface area contributed by atoms with E-state index in [1.165, 1.54) is 0 Å². The summed E-state index contributed by atoms with van der Waals surface area (Å²) in [6, 6.07) is 11.6. The molecule has 36 heavy (non-hydrogen) atoms. The van der Waals surface area contributed by atoms with E-state index in [4.69, 9.17) is 14.2 Å². The zero-order chi connectivity index (χ0) is 25.5. The highest BCUT2D eigenvalue weighted by Gasteiger charge is 2.33. The summed E-state index contributed by atoms with van der Waals surface area (Å²) in [6.07, 6.45) is 2.32. The normalized spacial score (nSPS) is 17.8. The van der Waals surface area contributed by atoms with Crippen molar-refractivity contribution in [2.24, 2.45) is 5.92 Å². The minimum atomic E-state index is -0.969. The zero-order valence-electron chi connectivity index (χ0n) is 21.1. The van der Waals surface area contributed by atoms with Crippen molar-refractivity contribution >= 4 is 11.7 Å². The van der Waals surface area contributed by atoms with Gasteiger partial charge in [0.1, 0.15) is 31.0 Å². The fraction of sp³-hybridized carbons (Fsp3) is 0.500. The Morgan fingerprint density at radius 1 is 1.06 bits per heavy atom. The summed E-state index contributed by atoms with van der Waals surface area (Å²) in [7, 11) is 1.57. The maximum absolute atomic E-state index is 13.5. The number of methoxy groups -OCH3 is 1. The number of Topliss-reactive ketones (excluding diaryl/α,β-unsaturated/α-hetero) is 1. The average Bonchev–Trinajstić information content (AvgIpc) is 3.43. The highest BCUT2D eigenvalue weighted by Crippen LogP contribution is 2.33. The molecule has 3 unspecified atom stereocenters. The number of aliphatic hydroxyl groups excluding tert-OH is 1. The lowest BCUT2D eigenvalue weighted by Gasteiger charge is -2.30. The summed E-state index contributed by atoms with van der Waals surface area (Å²) < 4.78 is 16.5. The molecule has 0 aliphatic carbocycles. The number of aliphatic hydroxyl groups is 1. The lowest BCUT2D eigenvalue weighted by molar-refractivity contribution is -0.125. The van der Waals surface area contributed by atoms with E-state index in [1.54, 1.807) is 49.6 Å². The smallest absolute Gasteiger partial charge is 0.231 e. The number of ether oxygens (including phenoxy) is 3. The second-order valence-electron chi connectivity index (χ2n) is 9.40. The molecule has 1 fully saturated rings. The van der Waals surface area contributed by atoms with Gasteiger partial charge >= 0.3 is 0 Å². The lowest BCUT2D eigenvalue weighted by atomic mass is 9.91. The molecule has 2 aromatic rings. The first-order valence-corrected chi connectivity index (χ1v) is 12.8. The van der Waals surface area contributed by atoms with Crippen LogP contribution >= 0.6 is 0 Å². The first kappa shape index (κ1) is 26.0. The molecule has 1 amide bonds. The molecule has 0 aromatic heterocycles. The molecule has 0 spiro atoms. The zero-order valence-corrected chi connectivity index (χ0v) is 21.1. The molecule has 0 saturated carbocycles. The van der Waals surface area contributed by atoms with E-state index >= 15 is 0 Å². The second-order valence-corrected chi connectivity index (χ2v) is 9.40. The number of benzene rings is 2. The van der Waals surface area contributed by atoms with Gasteiger partial charge in [-0.25, -0.2) is 0 Å². The van der Waals surface area contributed by atoms with Gasteiger partial charge in [-0.15, -0.1) is 0 Å². The van der Waals surface area contributed by atoms with Gasteiger partial charge in [-0.1, -0.05) is 19.4 Å². The van der Waals surface area contributed by atoms with E-state index < -0.39 is 18.1 Å². The minimum absolute atomic E-state index is 0.231. The third kappa shape index (κ3) is 6.17. The molecule has 2 aliphatic heterocycles. The van der Waals surface area contributed by atoms with Crippen molar-refractivity contribution in [2.45, 2.75) is 44.8 Å². The number of fused-ring (bicyclic) bond motifs is 1. The lowest BCUT2D eigenvalue weighted by Crippen LogP contribution is -2.49. The van der Waals surface area contributed by atoms with Gasteiger partial charge in [-0.3, -0.25) is 9.59 Å². The molecule has 2 heterocycles. The molecule has 2 aliphatic rings. The van der Waals surface area contributed by atoms with Crippen LogP contribution in [0.5, 0.6) is 17.2 Å². The molecule has 2 N–H and O–H groups in total. The molecule has 1 saturated heterocycles. The first-order chi connectivity index (χ1) is 17.5. The Labute approximate surface area is 212 Å². The van der Waals surface area contributed by atoms with Crippen LogP contribution in [0.3, 0.4) is 0 Å². The van der Waals surface area contributed by atoms with Crippen molar-refractivity contribution in [3.8, 4) is 17.2 Å². The van der Waals surface area contributed by atoms with Crippen LogP contribution in [0.25, 0.3) is 0 Å². The summed E-state index contributed by atoms with van der Waals surface area (Å²) in [5.41, 5.74) is 1.10. The molecule has 8 nitrogen and oxygen atoms in total. The summed E-state index contributed by atoms with van der Waals surface area (Å²) in [5, 5.41) is 14.4. The largest absolute Gasteiger partial charge is 0.497 e. The van der Waals surface area contributed by atoms with Gasteiger partial charge in [-0.05, 0) is 74.3 Å². The summed E-state index contributed by atoms with van der Waals surface area (Å²) in [6.45, 7) is 5.23. The van der Waals surface area contributed by atoms with Crippen LogP contribution < -0.4 is 19.5 Å². The topological polar surface area (TPSA) is 97.3 Å². The van der Waals surface area contributed by atoms with Crippen molar-refractivity contribution in [3.63, 3.8) is 0 Å². The van der Waals surface area contributed by atoms with Crippen molar-refractivity contribution in [1.29, 1.82) is 0 Å².